The van der Waals surface area contributed by atoms with Gasteiger partial charge in [0.15, 0.2) is 0 Å². The Morgan fingerprint density at radius 1 is 1.37 bits per heavy atom. The number of anilines is 1. The maximum absolute atomic E-state index is 11.9. The number of hydrazine groups is 1. The van der Waals surface area contributed by atoms with Gasteiger partial charge in [0.2, 0.25) is 5.89 Å². The van der Waals surface area contributed by atoms with Gasteiger partial charge in [-0.1, -0.05) is 0 Å². The first-order valence-electron chi connectivity index (χ1n) is 5.76. The van der Waals surface area contributed by atoms with E-state index in [1.54, 1.807) is 32.2 Å². The predicted molar refractivity (Wildman–Crippen MR) is 69.2 cm³/mol. The number of hydrogen-bond acceptors (Lipinski definition) is 6. The monoisotopic (exact) mass is 261 g/mol. The molecule has 2 rings (SSSR count). The number of carbonyl (C=O) groups is 1. The summed E-state index contributed by atoms with van der Waals surface area (Å²) in [5, 5.41) is 2.75. The van der Waals surface area contributed by atoms with Crippen LogP contribution in [0.5, 0.6) is 0 Å². The highest BCUT2D eigenvalue weighted by molar-refractivity contribution is 5.92. The fraction of sp³-hybridized carbons (Fsp3) is 0.250. The van der Waals surface area contributed by atoms with E-state index < -0.39 is 0 Å². The van der Waals surface area contributed by atoms with Gasteiger partial charge in [-0.3, -0.25) is 10.6 Å². The highest BCUT2D eigenvalue weighted by atomic mass is 16.4. The fourth-order valence-corrected chi connectivity index (χ4v) is 1.52. The number of nitrogens with one attached hydrogen (secondary N) is 2. The summed E-state index contributed by atoms with van der Waals surface area (Å²) in [7, 11) is 0. The van der Waals surface area contributed by atoms with E-state index in [1.165, 1.54) is 6.20 Å². The number of aryl methyl sites for hydroxylation is 1. The smallest absolute Gasteiger partial charge is 0.270 e. The third-order valence-corrected chi connectivity index (χ3v) is 2.52. The summed E-state index contributed by atoms with van der Waals surface area (Å²) in [5.74, 6) is 6.09. The van der Waals surface area contributed by atoms with Crippen LogP contribution in [0.2, 0.25) is 0 Å². The molecule has 2 aromatic rings. The summed E-state index contributed by atoms with van der Waals surface area (Å²) in [6.45, 7) is 3.59. The number of amides is 1. The average molecular weight is 261 g/mol. The lowest BCUT2D eigenvalue weighted by atomic mass is 10.3. The number of nitrogens with zero attached hydrogens (tertiary/aromatic N) is 2. The van der Waals surface area contributed by atoms with Crippen molar-refractivity contribution in [1.29, 1.82) is 0 Å². The number of aromatic nitrogens is 2. The number of nitrogen functional groups attached to an aromatic ring is 1. The Hall–Kier alpha value is -2.41. The van der Waals surface area contributed by atoms with E-state index in [2.05, 4.69) is 20.7 Å². The Bertz CT molecular complexity index is 564. The Balaban J connectivity index is 2.03. The third-order valence-electron chi connectivity index (χ3n) is 2.52. The van der Waals surface area contributed by atoms with Gasteiger partial charge < -0.3 is 15.2 Å². The van der Waals surface area contributed by atoms with Crippen molar-refractivity contribution in [3.8, 4) is 0 Å². The Morgan fingerprint density at radius 2 is 2.16 bits per heavy atom. The lowest BCUT2D eigenvalue weighted by Gasteiger charge is -2.10. The molecule has 0 aliphatic carbocycles. The molecule has 1 amide bonds. The maximum atomic E-state index is 11.9. The van der Waals surface area contributed by atoms with Crippen LogP contribution in [-0.4, -0.2) is 15.9 Å². The maximum Gasteiger partial charge on any atom is 0.270 e. The van der Waals surface area contributed by atoms with Crippen molar-refractivity contribution in [2.75, 3.05) is 5.43 Å². The van der Waals surface area contributed by atoms with Crippen LogP contribution in [0.1, 0.15) is 35.1 Å². The number of pyridine rings is 1. The van der Waals surface area contributed by atoms with E-state index in [0.717, 1.165) is 0 Å². The van der Waals surface area contributed by atoms with Gasteiger partial charge in [-0.15, -0.1) is 0 Å². The molecular weight excluding hydrogens is 246 g/mol. The molecule has 0 spiro atoms. The summed E-state index contributed by atoms with van der Waals surface area (Å²) in [6.07, 6.45) is 3.09. The molecule has 0 aliphatic heterocycles. The molecule has 2 aromatic heterocycles. The van der Waals surface area contributed by atoms with Gasteiger partial charge in [0, 0.05) is 0 Å². The first-order valence-corrected chi connectivity index (χ1v) is 5.76. The fourth-order valence-electron chi connectivity index (χ4n) is 1.52. The van der Waals surface area contributed by atoms with Gasteiger partial charge in [-0.05, 0) is 26.0 Å². The molecular formula is C12H15N5O2. The van der Waals surface area contributed by atoms with Crippen molar-refractivity contribution in [3.05, 3.63) is 41.9 Å². The Kier molecular flexibility index (Phi) is 3.76. The molecule has 19 heavy (non-hydrogen) atoms. The van der Waals surface area contributed by atoms with Crippen molar-refractivity contribution in [2.45, 2.75) is 19.9 Å². The van der Waals surface area contributed by atoms with Crippen molar-refractivity contribution in [1.82, 2.24) is 15.3 Å². The molecule has 0 aromatic carbocycles. The highest BCUT2D eigenvalue weighted by Crippen LogP contribution is 2.13. The quantitative estimate of drug-likeness (QED) is 0.563. The first kappa shape index (κ1) is 13.0. The average Bonchev–Trinajstić information content (AvgIpc) is 2.85. The van der Waals surface area contributed by atoms with Crippen molar-refractivity contribution in [3.63, 3.8) is 0 Å². The third kappa shape index (κ3) is 3.08. The van der Waals surface area contributed by atoms with Crippen LogP contribution in [0, 0.1) is 6.92 Å². The van der Waals surface area contributed by atoms with Crippen molar-refractivity contribution >= 4 is 11.6 Å². The second-order valence-corrected chi connectivity index (χ2v) is 4.08. The molecule has 1 unspecified atom stereocenters. The summed E-state index contributed by atoms with van der Waals surface area (Å²) in [4.78, 5) is 20.0. The second kappa shape index (κ2) is 5.49. The van der Waals surface area contributed by atoms with Crippen LogP contribution in [-0.2, 0) is 0 Å². The van der Waals surface area contributed by atoms with Crippen molar-refractivity contribution < 1.29 is 9.21 Å². The number of carbonyl (C=O) groups excluding carboxylic acids is 1. The molecule has 4 N–H and O–H groups in total. The predicted octanol–water partition coefficient (Wildman–Crippen LogP) is 1.15. The molecule has 100 valence electrons. The molecule has 0 saturated heterocycles. The largest absolute Gasteiger partial charge is 0.444 e. The second-order valence-electron chi connectivity index (χ2n) is 4.08. The zero-order chi connectivity index (χ0) is 13.8. The Labute approximate surface area is 110 Å². The number of nitrogens with two attached hydrogens (primary N) is 1. The summed E-state index contributed by atoms with van der Waals surface area (Å²) in [5.41, 5.74) is 3.38. The molecule has 0 saturated carbocycles. The lowest BCUT2D eigenvalue weighted by molar-refractivity contribution is 0.0929. The molecule has 0 aliphatic rings. The van der Waals surface area contributed by atoms with Gasteiger partial charge in [0.1, 0.15) is 17.5 Å². The van der Waals surface area contributed by atoms with E-state index in [1.807, 2.05) is 0 Å². The topological polar surface area (TPSA) is 106 Å². The zero-order valence-corrected chi connectivity index (χ0v) is 10.7. The van der Waals surface area contributed by atoms with Gasteiger partial charge in [-0.25, -0.2) is 9.97 Å². The van der Waals surface area contributed by atoms with Gasteiger partial charge in [0.25, 0.3) is 5.91 Å². The van der Waals surface area contributed by atoms with Crippen LogP contribution in [0.25, 0.3) is 0 Å². The van der Waals surface area contributed by atoms with Gasteiger partial charge in [0.05, 0.1) is 18.1 Å². The van der Waals surface area contributed by atoms with Crippen molar-refractivity contribution in [2.24, 2.45) is 5.84 Å². The van der Waals surface area contributed by atoms with E-state index in [-0.39, 0.29) is 11.9 Å². The number of rotatable bonds is 4. The summed E-state index contributed by atoms with van der Waals surface area (Å²) in [6, 6.07) is 2.93. The first-order chi connectivity index (χ1) is 9.10. The standard InChI is InChI=1S/C12H15N5O2/c1-7-5-15-12(19-7)8(2)16-11(18)10-4-3-9(17-13)6-14-10/h3-6,8,17H,13H2,1-2H3,(H,16,18). The molecule has 0 bridgehead atoms. The SMILES string of the molecule is Cc1cnc(C(C)NC(=O)c2ccc(NN)cn2)o1. The molecule has 2 heterocycles. The molecule has 0 fully saturated rings. The lowest BCUT2D eigenvalue weighted by Crippen LogP contribution is -2.27. The molecule has 7 nitrogen and oxygen atoms in total. The Morgan fingerprint density at radius 3 is 2.68 bits per heavy atom. The molecule has 1 atom stereocenters. The molecule has 7 heteroatoms. The van der Waals surface area contributed by atoms with Crippen LogP contribution >= 0.6 is 0 Å². The van der Waals surface area contributed by atoms with Crippen LogP contribution in [0.15, 0.2) is 28.9 Å². The normalized spacial score (nSPS) is 11.9. The highest BCUT2D eigenvalue weighted by Gasteiger charge is 2.16. The van der Waals surface area contributed by atoms with Crippen LogP contribution in [0.4, 0.5) is 5.69 Å². The van der Waals surface area contributed by atoms with Gasteiger partial charge in [-0.2, -0.15) is 0 Å². The summed E-state index contributed by atoms with van der Waals surface area (Å²) >= 11 is 0. The minimum atomic E-state index is -0.324. The zero-order valence-electron chi connectivity index (χ0n) is 10.7. The van der Waals surface area contributed by atoms with Gasteiger partial charge >= 0.3 is 0 Å². The molecule has 0 radical (unpaired) electrons. The summed E-state index contributed by atoms with van der Waals surface area (Å²) < 4.78 is 5.35. The van der Waals surface area contributed by atoms with Crippen LogP contribution in [0.3, 0.4) is 0 Å². The minimum Gasteiger partial charge on any atom is -0.444 e. The number of hydrogen-bond donors (Lipinski definition) is 3. The van der Waals surface area contributed by atoms with Crippen LogP contribution < -0.4 is 16.6 Å². The van der Waals surface area contributed by atoms with E-state index >= 15 is 0 Å². The van der Waals surface area contributed by atoms with E-state index in [9.17, 15) is 4.79 Å². The number of oxazole rings is 1. The van der Waals surface area contributed by atoms with E-state index in [4.69, 9.17) is 10.3 Å². The minimum absolute atomic E-state index is 0.299. The van der Waals surface area contributed by atoms with E-state index in [0.29, 0.717) is 23.0 Å².